The van der Waals surface area contributed by atoms with E-state index in [1.54, 1.807) is 29.3 Å². The van der Waals surface area contributed by atoms with Gasteiger partial charge in [0.15, 0.2) is 12.2 Å². The molecule has 2 atom stereocenters. The molecule has 2 aromatic carbocycles. The fraction of sp³-hybridized carbons (Fsp3) is 0.393. The second kappa shape index (κ2) is 11.0. The number of carbonyl (C=O) groups is 2. The SMILES string of the molecule is CCOc1cccc(C(=O)N2CC(OC(C)(C)C)C[C@H]2C(=O)NCc2ccc(-c3cnco3)cc2)c1. The molecule has 1 aromatic heterocycles. The molecule has 1 aliphatic rings. The van der Waals surface area contributed by atoms with Gasteiger partial charge in [0.05, 0.1) is 24.5 Å². The lowest BCUT2D eigenvalue weighted by Gasteiger charge is -2.25. The molecule has 1 N–H and O–H groups in total. The lowest BCUT2D eigenvalue weighted by molar-refractivity contribution is -0.125. The Morgan fingerprint density at radius 1 is 1.17 bits per heavy atom. The maximum absolute atomic E-state index is 13.5. The number of ether oxygens (including phenoxy) is 2. The Hall–Kier alpha value is -3.65. The molecular weight excluding hydrogens is 458 g/mol. The van der Waals surface area contributed by atoms with Gasteiger partial charge in [-0.3, -0.25) is 9.59 Å². The van der Waals surface area contributed by atoms with E-state index in [0.29, 0.717) is 43.2 Å². The summed E-state index contributed by atoms with van der Waals surface area (Å²) < 4.78 is 17.0. The summed E-state index contributed by atoms with van der Waals surface area (Å²) in [5, 5.41) is 3.00. The Bertz CT molecular complexity index is 1170. The molecule has 190 valence electrons. The minimum absolute atomic E-state index is 0.205. The van der Waals surface area contributed by atoms with Crippen LogP contribution in [0.3, 0.4) is 0 Å². The van der Waals surface area contributed by atoms with E-state index in [2.05, 4.69) is 10.3 Å². The summed E-state index contributed by atoms with van der Waals surface area (Å²) in [4.78, 5) is 32.3. The summed E-state index contributed by atoms with van der Waals surface area (Å²) in [6.07, 6.45) is 3.25. The average molecular weight is 492 g/mol. The monoisotopic (exact) mass is 491 g/mol. The number of oxazole rings is 1. The van der Waals surface area contributed by atoms with Crippen LogP contribution >= 0.6 is 0 Å². The van der Waals surface area contributed by atoms with E-state index in [0.717, 1.165) is 11.1 Å². The van der Waals surface area contributed by atoms with E-state index in [4.69, 9.17) is 13.9 Å². The van der Waals surface area contributed by atoms with Gasteiger partial charge in [-0.15, -0.1) is 0 Å². The van der Waals surface area contributed by atoms with Crippen LogP contribution in [0.4, 0.5) is 0 Å². The Morgan fingerprint density at radius 3 is 2.61 bits per heavy atom. The topological polar surface area (TPSA) is 93.9 Å². The molecular formula is C28H33N3O5. The molecule has 2 amide bonds. The number of nitrogens with zero attached hydrogens (tertiary/aromatic N) is 2. The molecule has 0 aliphatic carbocycles. The molecule has 3 aromatic rings. The highest BCUT2D eigenvalue weighted by atomic mass is 16.5. The van der Waals surface area contributed by atoms with Crippen molar-refractivity contribution in [2.24, 2.45) is 0 Å². The zero-order valence-electron chi connectivity index (χ0n) is 21.2. The van der Waals surface area contributed by atoms with E-state index in [1.165, 1.54) is 6.39 Å². The van der Waals surface area contributed by atoms with Crippen LogP contribution in [0, 0.1) is 0 Å². The molecule has 1 saturated heterocycles. The van der Waals surface area contributed by atoms with Gasteiger partial charge in [-0.1, -0.05) is 30.3 Å². The summed E-state index contributed by atoms with van der Waals surface area (Å²) in [5.74, 6) is 0.889. The van der Waals surface area contributed by atoms with Crippen molar-refractivity contribution < 1.29 is 23.5 Å². The number of rotatable bonds is 8. The minimum Gasteiger partial charge on any atom is -0.494 e. The standard InChI is InChI=1S/C28H33N3O5/c1-5-34-22-8-6-7-21(13-22)27(33)31-17-23(36-28(2,3)4)14-24(31)26(32)30-15-19-9-11-20(12-10-19)25-16-29-18-35-25/h6-13,16,18,23-24H,5,14-15,17H2,1-4H3,(H,30,32)/t23?,24-/m0/s1. The highest BCUT2D eigenvalue weighted by molar-refractivity contribution is 5.98. The lowest BCUT2D eigenvalue weighted by atomic mass is 10.1. The molecule has 8 heteroatoms. The number of carbonyl (C=O) groups excluding carboxylic acids is 2. The third kappa shape index (κ3) is 6.31. The highest BCUT2D eigenvalue weighted by Crippen LogP contribution is 2.27. The fourth-order valence-electron chi connectivity index (χ4n) is 4.36. The summed E-state index contributed by atoms with van der Waals surface area (Å²) >= 11 is 0. The first kappa shape index (κ1) is 25.4. The smallest absolute Gasteiger partial charge is 0.254 e. The first-order valence-corrected chi connectivity index (χ1v) is 12.2. The molecule has 4 rings (SSSR count). The van der Waals surface area contributed by atoms with Gasteiger partial charge in [0.25, 0.3) is 5.91 Å². The van der Waals surface area contributed by atoms with Gasteiger partial charge in [-0.2, -0.15) is 0 Å². The van der Waals surface area contributed by atoms with Gasteiger partial charge in [-0.05, 0) is 51.5 Å². The van der Waals surface area contributed by atoms with Gasteiger partial charge in [-0.25, -0.2) is 4.98 Å². The Balaban J connectivity index is 1.46. The number of amides is 2. The van der Waals surface area contributed by atoms with Crippen molar-refractivity contribution >= 4 is 11.8 Å². The molecule has 0 saturated carbocycles. The molecule has 2 heterocycles. The molecule has 36 heavy (non-hydrogen) atoms. The first-order chi connectivity index (χ1) is 17.2. The molecule has 8 nitrogen and oxygen atoms in total. The number of nitrogens with one attached hydrogen (secondary N) is 1. The summed E-state index contributed by atoms with van der Waals surface area (Å²) in [7, 11) is 0. The van der Waals surface area contributed by atoms with Gasteiger partial charge >= 0.3 is 0 Å². The molecule has 0 radical (unpaired) electrons. The number of hydrogen-bond donors (Lipinski definition) is 1. The van der Waals surface area contributed by atoms with Crippen LogP contribution in [0.25, 0.3) is 11.3 Å². The van der Waals surface area contributed by atoms with E-state index in [1.807, 2.05) is 58.0 Å². The third-order valence-electron chi connectivity index (χ3n) is 5.88. The first-order valence-electron chi connectivity index (χ1n) is 12.2. The second-order valence-corrected chi connectivity index (χ2v) is 9.80. The molecule has 1 unspecified atom stereocenters. The molecule has 1 aliphatic heterocycles. The Morgan fingerprint density at radius 2 is 1.94 bits per heavy atom. The van der Waals surface area contributed by atoms with Crippen molar-refractivity contribution in [3.05, 3.63) is 72.2 Å². The van der Waals surface area contributed by atoms with Crippen molar-refractivity contribution in [1.82, 2.24) is 15.2 Å². The van der Waals surface area contributed by atoms with Crippen LogP contribution in [-0.4, -0.2) is 52.6 Å². The zero-order chi connectivity index (χ0) is 25.7. The van der Waals surface area contributed by atoms with Crippen molar-refractivity contribution in [2.75, 3.05) is 13.2 Å². The number of benzene rings is 2. The molecule has 0 spiro atoms. The van der Waals surface area contributed by atoms with E-state index in [-0.39, 0.29) is 23.5 Å². The van der Waals surface area contributed by atoms with Crippen LogP contribution in [0.2, 0.25) is 0 Å². The largest absolute Gasteiger partial charge is 0.494 e. The quantitative estimate of drug-likeness (QED) is 0.500. The van der Waals surface area contributed by atoms with E-state index in [9.17, 15) is 9.59 Å². The predicted octanol–water partition coefficient (Wildman–Crippen LogP) is 4.45. The van der Waals surface area contributed by atoms with Crippen molar-refractivity contribution in [1.29, 1.82) is 0 Å². The van der Waals surface area contributed by atoms with Gasteiger partial charge in [0.1, 0.15) is 11.8 Å². The van der Waals surface area contributed by atoms with Crippen LogP contribution in [0.5, 0.6) is 5.75 Å². The third-order valence-corrected chi connectivity index (χ3v) is 5.88. The average Bonchev–Trinajstić information content (AvgIpc) is 3.52. The second-order valence-electron chi connectivity index (χ2n) is 9.80. The maximum Gasteiger partial charge on any atom is 0.254 e. The summed E-state index contributed by atoms with van der Waals surface area (Å²) in [6, 6.07) is 14.1. The summed E-state index contributed by atoms with van der Waals surface area (Å²) in [6.45, 7) is 9.01. The molecule has 0 bridgehead atoms. The normalized spacial score (nSPS) is 17.7. The number of aromatic nitrogens is 1. The summed E-state index contributed by atoms with van der Waals surface area (Å²) in [5.41, 5.74) is 1.95. The van der Waals surface area contributed by atoms with Crippen LogP contribution < -0.4 is 10.1 Å². The lowest BCUT2D eigenvalue weighted by Crippen LogP contribution is -2.45. The van der Waals surface area contributed by atoms with Crippen LogP contribution in [0.1, 0.15) is 50.0 Å². The van der Waals surface area contributed by atoms with Crippen molar-refractivity contribution in [2.45, 2.75) is 58.4 Å². The highest BCUT2D eigenvalue weighted by Gasteiger charge is 2.41. The van der Waals surface area contributed by atoms with Gasteiger partial charge in [0.2, 0.25) is 5.91 Å². The van der Waals surface area contributed by atoms with Crippen molar-refractivity contribution in [3.63, 3.8) is 0 Å². The fourth-order valence-corrected chi connectivity index (χ4v) is 4.36. The van der Waals surface area contributed by atoms with Crippen LogP contribution in [-0.2, 0) is 16.1 Å². The molecule has 1 fully saturated rings. The maximum atomic E-state index is 13.5. The Kier molecular flexibility index (Phi) is 7.74. The van der Waals surface area contributed by atoms with Gasteiger partial charge < -0.3 is 24.1 Å². The van der Waals surface area contributed by atoms with E-state index >= 15 is 0 Å². The van der Waals surface area contributed by atoms with Crippen LogP contribution in [0.15, 0.2) is 65.5 Å². The zero-order valence-corrected chi connectivity index (χ0v) is 21.2. The predicted molar refractivity (Wildman–Crippen MR) is 135 cm³/mol. The number of hydrogen-bond acceptors (Lipinski definition) is 6. The van der Waals surface area contributed by atoms with E-state index < -0.39 is 6.04 Å². The van der Waals surface area contributed by atoms with Crippen molar-refractivity contribution in [3.8, 4) is 17.1 Å². The Labute approximate surface area is 211 Å². The van der Waals surface area contributed by atoms with Gasteiger partial charge in [0, 0.05) is 30.6 Å². The minimum atomic E-state index is -0.630. The number of likely N-dealkylation sites (tertiary alicyclic amines) is 1.